The molecular weight excluding hydrogens is 258 g/mol. The Bertz CT molecular complexity index is 453. The van der Waals surface area contributed by atoms with E-state index in [-0.39, 0.29) is 12.0 Å². The van der Waals surface area contributed by atoms with Crippen LogP contribution in [0, 0.1) is 5.92 Å². The lowest BCUT2D eigenvalue weighted by Crippen LogP contribution is -2.30. The highest BCUT2D eigenvalue weighted by atomic mass is 16.5. The molecule has 0 heterocycles. The Morgan fingerprint density at radius 1 is 1.20 bits per heavy atom. The minimum absolute atomic E-state index is 0.182. The summed E-state index contributed by atoms with van der Waals surface area (Å²) in [5.74, 6) is 0.503. The van der Waals surface area contributed by atoms with Crippen LogP contribution in [0.15, 0.2) is 18.2 Å². The van der Waals surface area contributed by atoms with Crippen LogP contribution in [0.4, 0.5) is 5.69 Å². The third kappa shape index (κ3) is 3.56. The Kier molecular flexibility index (Phi) is 4.71. The van der Waals surface area contributed by atoms with Gasteiger partial charge in [-0.25, -0.2) is 0 Å². The van der Waals surface area contributed by atoms with Crippen LogP contribution in [0.2, 0.25) is 0 Å². The first-order valence-electron chi connectivity index (χ1n) is 6.84. The van der Waals surface area contributed by atoms with Gasteiger partial charge in [0.15, 0.2) is 0 Å². The van der Waals surface area contributed by atoms with Crippen molar-refractivity contribution in [2.45, 2.75) is 31.7 Å². The summed E-state index contributed by atoms with van der Waals surface area (Å²) >= 11 is 0. The summed E-state index contributed by atoms with van der Waals surface area (Å²) in [4.78, 5) is 11.1. The van der Waals surface area contributed by atoms with Crippen molar-refractivity contribution in [3.63, 3.8) is 0 Å². The molecule has 1 aromatic carbocycles. The van der Waals surface area contributed by atoms with Crippen LogP contribution in [0.5, 0.6) is 11.5 Å². The Balaban J connectivity index is 2.07. The van der Waals surface area contributed by atoms with Gasteiger partial charge in [0.1, 0.15) is 11.5 Å². The molecule has 0 aliphatic heterocycles. The van der Waals surface area contributed by atoms with E-state index in [2.05, 4.69) is 5.32 Å². The fourth-order valence-corrected chi connectivity index (χ4v) is 2.67. The van der Waals surface area contributed by atoms with Crippen molar-refractivity contribution >= 4 is 11.7 Å². The lowest BCUT2D eigenvalue weighted by Gasteiger charge is -2.28. The van der Waals surface area contributed by atoms with Gasteiger partial charge >= 0.3 is 5.97 Å². The quantitative estimate of drug-likeness (QED) is 0.867. The predicted octanol–water partition coefficient (Wildman–Crippen LogP) is 2.76. The number of hydrogen-bond donors (Lipinski definition) is 2. The first-order valence-corrected chi connectivity index (χ1v) is 6.84. The van der Waals surface area contributed by atoms with Gasteiger partial charge in [0.2, 0.25) is 0 Å². The Hall–Kier alpha value is -1.91. The molecule has 0 spiro atoms. The second-order valence-corrected chi connectivity index (χ2v) is 5.14. The second-order valence-electron chi connectivity index (χ2n) is 5.14. The SMILES string of the molecule is COc1cc(NC2CCCC(C(=O)O)C2)cc(OC)c1. The highest BCUT2D eigenvalue weighted by molar-refractivity contribution is 5.70. The Morgan fingerprint density at radius 3 is 2.40 bits per heavy atom. The number of hydrogen-bond acceptors (Lipinski definition) is 4. The molecule has 1 fully saturated rings. The average molecular weight is 279 g/mol. The molecule has 0 amide bonds. The summed E-state index contributed by atoms with van der Waals surface area (Å²) < 4.78 is 10.5. The summed E-state index contributed by atoms with van der Waals surface area (Å²) in [6.45, 7) is 0. The fraction of sp³-hybridized carbons (Fsp3) is 0.533. The van der Waals surface area contributed by atoms with Crippen LogP contribution in [-0.4, -0.2) is 31.3 Å². The van der Waals surface area contributed by atoms with Crippen molar-refractivity contribution in [3.05, 3.63) is 18.2 Å². The Labute approximate surface area is 118 Å². The molecule has 5 heteroatoms. The molecule has 2 rings (SSSR count). The minimum atomic E-state index is -0.695. The average Bonchev–Trinajstić information content (AvgIpc) is 2.47. The van der Waals surface area contributed by atoms with E-state index in [1.165, 1.54) is 0 Å². The molecule has 2 atom stereocenters. The maximum atomic E-state index is 11.1. The molecule has 5 nitrogen and oxygen atoms in total. The van der Waals surface area contributed by atoms with Gasteiger partial charge in [0.25, 0.3) is 0 Å². The van der Waals surface area contributed by atoms with Crippen LogP contribution >= 0.6 is 0 Å². The Morgan fingerprint density at radius 2 is 1.85 bits per heavy atom. The number of ether oxygens (including phenoxy) is 2. The number of methoxy groups -OCH3 is 2. The number of carbonyl (C=O) groups is 1. The van der Waals surface area contributed by atoms with Crippen molar-refractivity contribution in [1.29, 1.82) is 0 Å². The van der Waals surface area contributed by atoms with Crippen molar-refractivity contribution in [1.82, 2.24) is 0 Å². The van der Waals surface area contributed by atoms with Crippen molar-refractivity contribution in [2.75, 3.05) is 19.5 Å². The largest absolute Gasteiger partial charge is 0.497 e. The topological polar surface area (TPSA) is 67.8 Å². The third-order valence-corrected chi connectivity index (χ3v) is 3.75. The summed E-state index contributed by atoms with van der Waals surface area (Å²) in [5.41, 5.74) is 0.900. The maximum absolute atomic E-state index is 11.1. The minimum Gasteiger partial charge on any atom is -0.497 e. The molecule has 1 aliphatic carbocycles. The van der Waals surface area contributed by atoms with Gasteiger partial charge < -0.3 is 19.9 Å². The number of nitrogens with one attached hydrogen (secondary N) is 1. The lowest BCUT2D eigenvalue weighted by atomic mass is 9.85. The summed E-state index contributed by atoms with van der Waals surface area (Å²) in [6, 6.07) is 5.79. The van der Waals surface area contributed by atoms with E-state index in [4.69, 9.17) is 14.6 Å². The number of carboxylic acid groups (broad SMARTS) is 1. The van der Waals surface area contributed by atoms with Crippen LogP contribution in [-0.2, 0) is 4.79 Å². The van der Waals surface area contributed by atoms with E-state index < -0.39 is 5.97 Å². The van der Waals surface area contributed by atoms with Crippen molar-refractivity contribution < 1.29 is 19.4 Å². The summed E-state index contributed by atoms with van der Waals surface area (Å²) in [6.07, 6.45) is 3.36. The smallest absolute Gasteiger partial charge is 0.306 e. The second kappa shape index (κ2) is 6.50. The molecule has 0 bridgehead atoms. The zero-order chi connectivity index (χ0) is 14.5. The van der Waals surface area contributed by atoms with E-state index >= 15 is 0 Å². The van der Waals surface area contributed by atoms with Gasteiger partial charge in [-0.2, -0.15) is 0 Å². The maximum Gasteiger partial charge on any atom is 0.306 e. The number of aliphatic carboxylic acids is 1. The van der Waals surface area contributed by atoms with E-state index in [9.17, 15) is 4.79 Å². The van der Waals surface area contributed by atoms with Gasteiger partial charge in [-0.15, -0.1) is 0 Å². The van der Waals surface area contributed by atoms with Gasteiger partial charge in [-0.1, -0.05) is 6.42 Å². The van der Waals surface area contributed by atoms with E-state index in [1.54, 1.807) is 14.2 Å². The van der Waals surface area contributed by atoms with E-state index in [1.807, 2.05) is 18.2 Å². The molecule has 1 aliphatic rings. The number of carboxylic acids is 1. The van der Waals surface area contributed by atoms with Gasteiger partial charge in [-0.05, 0) is 19.3 Å². The third-order valence-electron chi connectivity index (χ3n) is 3.75. The van der Waals surface area contributed by atoms with Crippen LogP contribution in [0.1, 0.15) is 25.7 Å². The zero-order valence-corrected chi connectivity index (χ0v) is 11.9. The standard InChI is InChI=1S/C15H21NO4/c1-19-13-7-12(8-14(9-13)20-2)16-11-5-3-4-10(6-11)15(17)18/h7-11,16H,3-6H2,1-2H3,(H,17,18). The van der Waals surface area contributed by atoms with Crippen molar-refractivity contribution in [2.24, 2.45) is 5.92 Å². The molecule has 2 N–H and O–H groups in total. The van der Waals surface area contributed by atoms with Gasteiger partial charge in [0.05, 0.1) is 20.1 Å². The highest BCUT2D eigenvalue weighted by Crippen LogP contribution is 2.30. The number of rotatable bonds is 5. The normalized spacial score (nSPS) is 22.1. The summed E-state index contributed by atoms with van der Waals surface area (Å²) in [5, 5.41) is 12.5. The monoisotopic (exact) mass is 279 g/mol. The van der Waals surface area contributed by atoms with E-state index in [0.29, 0.717) is 6.42 Å². The van der Waals surface area contributed by atoms with Crippen LogP contribution in [0.3, 0.4) is 0 Å². The zero-order valence-electron chi connectivity index (χ0n) is 11.9. The van der Waals surface area contributed by atoms with Gasteiger partial charge in [-0.3, -0.25) is 4.79 Å². The van der Waals surface area contributed by atoms with E-state index in [0.717, 1.165) is 36.4 Å². The molecule has 1 saturated carbocycles. The molecule has 20 heavy (non-hydrogen) atoms. The number of anilines is 1. The highest BCUT2D eigenvalue weighted by Gasteiger charge is 2.26. The predicted molar refractivity (Wildman–Crippen MR) is 76.6 cm³/mol. The lowest BCUT2D eigenvalue weighted by molar-refractivity contribution is -0.142. The fourth-order valence-electron chi connectivity index (χ4n) is 2.67. The molecule has 110 valence electrons. The first-order chi connectivity index (χ1) is 9.62. The van der Waals surface area contributed by atoms with Crippen LogP contribution in [0.25, 0.3) is 0 Å². The molecular formula is C15H21NO4. The molecule has 2 unspecified atom stereocenters. The molecule has 1 aromatic rings. The molecule has 0 radical (unpaired) electrons. The number of benzene rings is 1. The van der Waals surface area contributed by atoms with Crippen LogP contribution < -0.4 is 14.8 Å². The molecule has 0 saturated heterocycles. The first kappa shape index (κ1) is 14.5. The van der Waals surface area contributed by atoms with Gasteiger partial charge in [0, 0.05) is 29.9 Å². The van der Waals surface area contributed by atoms with Crippen molar-refractivity contribution in [3.8, 4) is 11.5 Å². The molecule has 0 aromatic heterocycles. The summed E-state index contributed by atoms with van der Waals surface area (Å²) in [7, 11) is 3.22.